The zero-order chi connectivity index (χ0) is 36.5. The fourth-order valence-corrected chi connectivity index (χ4v) is 7.17. The molecule has 1 saturated heterocycles. The highest BCUT2D eigenvalue weighted by molar-refractivity contribution is 5.58. The standard InChI is InChI=1S/C45H46O8/c1-3-36-20-21-38(27-37(36)25-35-19-22-39-40(26-35)49-24-23-48-39)45(47-2)44(52-31-34-17-11-6-12-18-34)43(51-30-33-15-9-5-10-16-33)42(41(28-46)53-45)50-29-32-13-7-4-8-14-32/h4-22,26-28,41-44H,3,23-25,29-31H2,1-2H3/t41-,42-,43+,44-,45?/m1/s1. The Hall–Kier alpha value is -4.83. The van der Waals surface area contributed by atoms with Gasteiger partial charge in [0.05, 0.1) is 19.8 Å². The quantitative estimate of drug-likeness (QED) is 0.102. The Morgan fingerprint density at radius 3 is 1.81 bits per heavy atom. The summed E-state index contributed by atoms with van der Waals surface area (Å²) < 4.78 is 45.2. The molecule has 5 atom stereocenters. The van der Waals surface area contributed by atoms with Gasteiger partial charge in [0, 0.05) is 12.7 Å². The molecule has 0 aromatic heterocycles. The van der Waals surface area contributed by atoms with Gasteiger partial charge < -0.3 is 38.0 Å². The van der Waals surface area contributed by atoms with E-state index in [1.165, 1.54) is 5.56 Å². The van der Waals surface area contributed by atoms with E-state index in [1.54, 1.807) is 7.11 Å². The summed E-state index contributed by atoms with van der Waals surface area (Å²) in [6, 6.07) is 42.0. The Kier molecular flexibility index (Phi) is 11.9. The van der Waals surface area contributed by atoms with E-state index in [0.29, 0.717) is 25.2 Å². The van der Waals surface area contributed by atoms with Gasteiger partial charge in [-0.05, 0) is 64.4 Å². The van der Waals surface area contributed by atoms with Gasteiger partial charge in [0.25, 0.3) is 0 Å². The normalized spacial score (nSPS) is 22.3. The van der Waals surface area contributed by atoms with E-state index in [9.17, 15) is 4.79 Å². The summed E-state index contributed by atoms with van der Waals surface area (Å²) in [5, 5.41) is 0. The average molecular weight is 715 g/mol. The third-order valence-corrected chi connectivity index (χ3v) is 9.90. The van der Waals surface area contributed by atoms with Crippen LogP contribution in [-0.4, -0.2) is 51.0 Å². The third-order valence-electron chi connectivity index (χ3n) is 9.90. The maximum Gasteiger partial charge on any atom is 0.225 e. The summed E-state index contributed by atoms with van der Waals surface area (Å²) in [4.78, 5) is 13.1. The lowest BCUT2D eigenvalue weighted by molar-refractivity contribution is -0.373. The minimum absolute atomic E-state index is 0.249. The van der Waals surface area contributed by atoms with E-state index < -0.39 is 30.2 Å². The molecule has 5 aromatic carbocycles. The molecule has 0 saturated carbocycles. The van der Waals surface area contributed by atoms with Crippen LogP contribution < -0.4 is 9.47 Å². The van der Waals surface area contributed by atoms with Crippen molar-refractivity contribution in [2.45, 2.75) is 69.8 Å². The van der Waals surface area contributed by atoms with Gasteiger partial charge in [0.1, 0.15) is 37.6 Å². The highest BCUT2D eigenvalue weighted by atomic mass is 16.7. The molecule has 8 nitrogen and oxygen atoms in total. The minimum Gasteiger partial charge on any atom is -0.486 e. The molecule has 0 aliphatic carbocycles. The molecule has 0 N–H and O–H groups in total. The highest BCUT2D eigenvalue weighted by Crippen LogP contribution is 2.44. The van der Waals surface area contributed by atoms with Crippen molar-refractivity contribution in [3.8, 4) is 11.5 Å². The van der Waals surface area contributed by atoms with Crippen LogP contribution in [0, 0.1) is 0 Å². The van der Waals surface area contributed by atoms with Crippen LogP contribution in [0.2, 0.25) is 0 Å². The first-order valence-electron chi connectivity index (χ1n) is 18.3. The number of hydrogen-bond donors (Lipinski definition) is 0. The molecule has 1 fully saturated rings. The topological polar surface area (TPSA) is 81.7 Å². The second kappa shape index (κ2) is 17.3. The number of aryl methyl sites for hydroxylation is 1. The van der Waals surface area contributed by atoms with Crippen LogP contribution in [0.25, 0.3) is 0 Å². The van der Waals surface area contributed by atoms with Gasteiger partial charge in [-0.3, -0.25) is 0 Å². The number of aldehydes is 1. The zero-order valence-electron chi connectivity index (χ0n) is 30.2. The number of ether oxygens (including phenoxy) is 7. The summed E-state index contributed by atoms with van der Waals surface area (Å²) in [6.45, 7) is 3.96. The van der Waals surface area contributed by atoms with Gasteiger partial charge in [-0.25, -0.2) is 0 Å². The molecule has 0 radical (unpaired) electrons. The lowest BCUT2D eigenvalue weighted by Crippen LogP contribution is -2.65. The van der Waals surface area contributed by atoms with E-state index in [1.807, 2.05) is 109 Å². The van der Waals surface area contributed by atoms with Crippen molar-refractivity contribution in [3.05, 3.63) is 166 Å². The predicted octanol–water partition coefficient (Wildman–Crippen LogP) is 7.76. The smallest absolute Gasteiger partial charge is 0.225 e. The van der Waals surface area contributed by atoms with Gasteiger partial charge in [-0.2, -0.15) is 0 Å². The lowest BCUT2D eigenvalue weighted by Gasteiger charge is -2.51. The first kappa shape index (κ1) is 36.5. The average Bonchev–Trinajstić information content (AvgIpc) is 3.22. The number of hydrogen-bond acceptors (Lipinski definition) is 8. The monoisotopic (exact) mass is 714 g/mol. The van der Waals surface area contributed by atoms with Crippen LogP contribution in [0.15, 0.2) is 127 Å². The molecule has 2 heterocycles. The lowest BCUT2D eigenvalue weighted by atomic mass is 9.85. The van der Waals surface area contributed by atoms with Gasteiger partial charge in [0.2, 0.25) is 5.79 Å². The Morgan fingerprint density at radius 2 is 1.23 bits per heavy atom. The van der Waals surface area contributed by atoms with Crippen molar-refractivity contribution in [2.75, 3.05) is 20.3 Å². The molecule has 53 heavy (non-hydrogen) atoms. The highest BCUT2D eigenvalue weighted by Gasteiger charge is 2.58. The fraction of sp³-hybridized carbons (Fsp3) is 0.311. The van der Waals surface area contributed by atoms with Crippen LogP contribution in [0.4, 0.5) is 0 Å². The maximum absolute atomic E-state index is 13.1. The molecule has 0 amide bonds. The Bertz CT molecular complexity index is 1920. The molecule has 5 aromatic rings. The van der Waals surface area contributed by atoms with Crippen LogP contribution in [0.5, 0.6) is 11.5 Å². The van der Waals surface area contributed by atoms with Gasteiger partial charge in [-0.1, -0.05) is 116 Å². The van der Waals surface area contributed by atoms with Crippen molar-refractivity contribution < 1.29 is 38.0 Å². The minimum atomic E-state index is -1.54. The van der Waals surface area contributed by atoms with E-state index in [2.05, 4.69) is 25.1 Å². The second-order valence-corrected chi connectivity index (χ2v) is 13.3. The maximum atomic E-state index is 13.1. The molecule has 274 valence electrons. The Labute approximate surface area is 311 Å². The molecular weight excluding hydrogens is 668 g/mol. The van der Waals surface area contributed by atoms with Gasteiger partial charge in [-0.15, -0.1) is 0 Å². The third kappa shape index (κ3) is 8.38. The summed E-state index contributed by atoms with van der Waals surface area (Å²) in [7, 11) is 1.59. The number of carbonyl (C=O) groups excluding carboxylic acids is 1. The van der Waals surface area contributed by atoms with Crippen LogP contribution >= 0.6 is 0 Å². The van der Waals surface area contributed by atoms with Crippen LogP contribution in [0.1, 0.15) is 45.9 Å². The molecule has 7 rings (SSSR count). The molecule has 0 bridgehead atoms. The largest absolute Gasteiger partial charge is 0.486 e. The summed E-state index contributed by atoms with van der Waals surface area (Å²) in [5.74, 6) is -0.0420. The summed E-state index contributed by atoms with van der Waals surface area (Å²) in [5.41, 5.74) is 6.98. The first-order valence-corrected chi connectivity index (χ1v) is 18.3. The summed E-state index contributed by atoms with van der Waals surface area (Å²) in [6.07, 6.45) is -1.25. The van der Waals surface area contributed by atoms with Crippen molar-refractivity contribution in [2.24, 2.45) is 0 Å². The Morgan fingerprint density at radius 1 is 0.642 bits per heavy atom. The van der Waals surface area contributed by atoms with Crippen LogP contribution in [0.3, 0.4) is 0 Å². The molecule has 2 aliphatic heterocycles. The van der Waals surface area contributed by atoms with E-state index in [0.717, 1.165) is 52.0 Å². The Balaban J connectivity index is 1.30. The molecule has 0 spiro atoms. The second-order valence-electron chi connectivity index (χ2n) is 13.3. The molecular formula is C45H46O8. The number of carbonyl (C=O) groups is 1. The van der Waals surface area contributed by atoms with E-state index in [-0.39, 0.29) is 19.8 Å². The van der Waals surface area contributed by atoms with Crippen molar-refractivity contribution in [1.82, 2.24) is 0 Å². The first-order chi connectivity index (χ1) is 26.1. The number of methoxy groups -OCH3 is 1. The molecule has 8 heteroatoms. The zero-order valence-corrected chi connectivity index (χ0v) is 30.2. The molecule has 2 aliphatic rings. The number of fused-ring (bicyclic) bond motifs is 1. The van der Waals surface area contributed by atoms with Crippen LogP contribution in [-0.2, 0) is 66.9 Å². The van der Waals surface area contributed by atoms with Crippen molar-refractivity contribution in [3.63, 3.8) is 0 Å². The van der Waals surface area contributed by atoms with E-state index >= 15 is 0 Å². The fourth-order valence-electron chi connectivity index (χ4n) is 7.17. The van der Waals surface area contributed by atoms with Gasteiger partial charge in [0.15, 0.2) is 17.8 Å². The predicted molar refractivity (Wildman–Crippen MR) is 201 cm³/mol. The molecule has 1 unspecified atom stereocenters. The van der Waals surface area contributed by atoms with Crippen molar-refractivity contribution >= 4 is 6.29 Å². The van der Waals surface area contributed by atoms with Gasteiger partial charge >= 0.3 is 0 Å². The summed E-state index contributed by atoms with van der Waals surface area (Å²) >= 11 is 0. The number of rotatable bonds is 15. The van der Waals surface area contributed by atoms with Crippen molar-refractivity contribution in [1.29, 1.82) is 0 Å². The SMILES string of the molecule is CCc1ccc(C2(OC)O[C@H](C=O)[C@@H](OCc3ccccc3)[C@H](OCc3ccccc3)[C@H]2OCc2ccccc2)cc1Cc1ccc2c(c1)OCCO2. The van der Waals surface area contributed by atoms with E-state index in [4.69, 9.17) is 33.2 Å². The number of benzene rings is 5.